The zero-order valence-electron chi connectivity index (χ0n) is 20.6. The fourth-order valence-corrected chi connectivity index (χ4v) is 6.11. The number of carbonyl (C=O) groups excluding carboxylic acids is 1. The fourth-order valence-electron chi connectivity index (χ4n) is 4.77. The molecule has 0 radical (unpaired) electrons. The molecule has 0 saturated carbocycles. The summed E-state index contributed by atoms with van der Waals surface area (Å²) < 4.78 is 29.1. The van der Waals surface area contributed by atoms with Crippen LogP contribution in [-0.4, -0.2) is 45.7 Å². The van der Waals surface area contributed by atoms with Gasteiger partial charge in [0.05, 0.1) is 23.5 Å². The van der Waals surface area contributed by atoms with Gasteiger partial charge in [-0.05, 0) is 54.7 Å². The summed E-state index contributed by atoms with van der Waals surface area (Å²) in [6.45, 7) is 4.73. The first-order valence-electron chi connectivity index (χ1n) is 12.1. The number of imidazole rings is 1. The van der Waals surface area contributed by atoms with Crippen LogP contribution in [0, 0.1) is 0 Å². The lowest BCUT2D eigenvalue weighted by molar-refractivity contribution is -0.116. The molecule has 1 N–H and O–H groups in total. The van der Waals surface area contributed by atoms with Crippen molar-refractivity contribution in [3.63, 3.8) is 0 Å². The number of hydrogen-bond donors (Lipinski definition) is 1. The van der Waals surface area contributed by atoms with Gasteiger partial charge >= 0.3 is 5.69 Å². The Morgan fingerprint density at radius 2 is 1.81 bits per heavy atom. The van der Waals surface area contributed by atoms with Crippen LogP contribution in [0.5, 0.6) is 0 Å². The van der Waals surface area contributed by atoms with E-state index in [-0.39, 0.29) is 23.1 Å². The molecule has 0 unspecified atom stereocenters. The molecular formula is C26H27N5O5S. The number of rotatable bonds is 7. The second-order valence-electron chi connectivity index (χ2n) is 9.14. The number of fused-ring (bicyclic) bond motifs is 2. The fraction of sp³-hybridized carbons (Fsp3) is 0.308. The Hall–Kier alpha value is -3.99. The molecule has 2 aromatic heterocycles. The number of sulfone groups is 1. The summed E-state index contributed by atoms with van der Waals surface area (Å²) in [5.74, 6) is -0.0981. The molecule has 0 fully saturated rings. The number of aromatic nitrogens is 4. The normalized spacial score (nSPS) is 13.3. The van der Waals surface area contributed by atoms with Crippen molar-refractivity contribution in [3.05, 3.63) is 86.3 Å². The van der Waals surface area contributed by atoms with Gasteiger partial charge in [-0.2, -0.15) is 0 Å². The first kappa shape index (κ1) is 24.7. The summed E-state index contributed by atoms with van der Waals surface area (Å²) in [6, 6.07) is 12.3. The third-order valence-electron chi connectivity index (χ3n) is 6.80. The van der Waals surface area contributed by atoms with Crippen LogP contribution in [0.4, 0.5) is 5.69 Å². The standard InChI is InChI=1S/C26H27N5O5S/c1-3-29-16-27-24-23(29)25(33)28-26(34)31(24)15-19-6-4-18(5-7-19)11-13-37(35,36)21-8-9-22-20(14-21)10-12-30(22)17(2)32/h4-9,14,16H,3,10-13,15H2,1-2H3,(H,28,33,34). The van der Waals surface area contributed by atoms with Crippen molar-refractivity contribution in [2.24, 2.45) is 0 Å². The minimum absolute atomic E-state index is 0.0456. The highest BCUT2D eigenvalue weighted by atomic mass is 32.2. The van der Waals surface area contributed by atoms with Gasteiger partial charge in [0.15, 0.2) is 21.0 Å². The van der Waals surface area contributed by atoms with E-state index in [1.165, 1.54) is 11.5 Å². The molecule has 0 aliphatic carbocycles. The van der Waals surface area contributed by atoms with Gasteiger partial charge in [-0.25, -0.2) is 18.2 Å². The van der Waals surface area contributed by atoms with Crippen LogP contribution in [-0.2, 0) is 40.6 Å². The zero-order chi connectivity index (χ0) is 26.3. The molecule has 1 aliphatic rings. The molecule has 1 aliphatic heterocycles. The first-order valence-corrected chi connectivity index (χ1v) is 13.7. The zero-order valence-corrected chi connectivity index (χ0v) is 21.4. The van der Waals surface area contributed by atoms with Crippen LogP contribution < -0.4 is 16.1 Å². The van der Waals surface area contributed by atoms with Gasteiger partial charge in [0.1, 0.15) is 0 Å². The molecule has 0 saturated heterocycles. The molecule has 0 bridgehead atoms. The smallest absolute Gasteiger partial charge is 0.325 e. The largest absolute Gasteiger partial charge is 0.330 e. The number of amides is 1. The molecule has 0 spiro atoms. The van der Waals surface area contributed by atoms with E-state index in [4.69, 9.17) is 0 Å². The lowest BCUT2D eigenvalue weighted by Gasteiger charge is -2.15. The molecule has 4 aromatic rings. The van der Waals surface area contributed by atoms with Crippen molar-refractivity contribution >= 4 is 32.6 Å². The Balaban J connectivity index is 1.30. The van der Waals surface area contributed by atoms with Crippen molar-refractivity contribution in [1.29, 1.82) is 0 Å². The molecule has 10 nitrogen and oxygen atoms in total. The van der Waals surface area contributed by atoms with Crippen LogP contribution in [0.2, 0.25) is 0 Å². The van der Waals surface area contributed by atoms with Gasteiger partial charge in [-0.3, -0.25) is 19.1 Å². The molecule has 192 valence electrons. The van der Waals surface area contributed by atoms with Crippen molar-refractivity contribution in [1.82, 2.24) is 19.1 Å². The number of hydrogen-bond acceptors (Lipinski definition) is 6. The van der Waals surface area contributed by atoms with Crippen molar-refractivity contribution in [2.45, 2.75) is 44.7 Å². The van der Waals surface area contributed by atoms with Gasteiger partial charge in [-0.1, -0.05) is 24.3 Å². The Labute approximate surface area is 213 Å². The summed E-state index contributed by atoms with van der Waals surface area (Å²) in [5, 5.41) is 0. The monoisotopic (exact) mass is 521 g/mol. The third-order valence-corrected chi connectivity index (χ3v) is 8.52. The molecule has 5 rings (SSSR count). The number of aryl methyl sites for hydroxylation is 2. The van der Waals surface area contributed by atoms with E-state index in [1.54, 1.807) is 34.0 Å². The number of aromatic amines is 1. The Kier molecular flexibility index (Phi) is 6.32. The van der Waals surface area contributed by atoms with E-state index in [0.717, 1.165) is 22.4 Å². The lowest BCUT2D eigenvalue weighted by atomic mass is 10.1. The van der Waals surface area contributed by atoms with Crippen molar-refractivity contribution in [2.75, 3.05) is 17.2 Å². The number of anilines is 1. The summed E-state index contributed by atoms with van der Waals surface area (Å²) in [6.07, 6.45) is 2.52. The highest BCUT2D eigenvalue weighted by Crippen LogP contribution is 2.30. The summed E-state index contributed by atoms with van der Waals surface area (Å²) in [7, 11) is -3.50. The second kappa shape index (κ2) is 9.47. The van der Waals surface area contributed by atoms with E-state index < -0.39 is 21.1 Å². The Morgan fingerprint density at radius 1 is 1.08 bits per heavy atom. The summed E-state index contributed by atoms with van der Waals surface area (Å²) in [4.78, 5) is 45.0. The van der Waals surface area contributed by atoms with Crippen LogP contribution in [0.15, 0.2) is 63.3 Å². The van der Waals surface area contributed by atoms with Gasteiger partial charge in [-0.15, -0.1) is 0 Å². The average molecular weight is 522 g/mol. The first-order chi connectivity index (χ1) is 17.7. The van der Waals surface area contributed by atoms with E-state index in [1.807, 2.05) is 31.2 Å². The summed E-state index contributed by atoms with van der Waals surface area (Å²) in [5.41, 5.74) is 3.00. The molecule has 11 heteroatoms. The maximum Gasteiger partial charge on any atom is 0.330 e. The van der Waals surface area contributed by atoms with E-state index >= 15 is 0 Å². The maximum absolute atomic E-state index is 13.0. The molecule has 2 aromatic carbocycles. The molecular weight excluding hydrogens is 494 g/mol. The minimum atomic E-state index is -3.50. The highest BCUT2D eigenvalue weighted by Gasteiger charge is 2.24. The van der Waals surface area contributed by atoms with Crippen LogP contribution in [0.3, 0.4) is 0 Å². The topological polar surface area (TPSA) is 127 Å². The molecule has 3 heterocycles. The van der Waals surface area contributed by atoms with Gasteiger partial charge in [0.25, 0.3) is 5.56 Å². The number of benzene rings is 2. The van der Waals surface area contributed by atoms with Crippen LogP contribution in [0.1, 0.15) is 30.5 Å². The summed E-state index contributed by atoms with van der Waals surface area (Å²) >= 11 is 0. The van der Waals surface area contributed by atoms with E-state index in [2.05, 4.69) is 9.97 Å². The number of nitrogens with one attached hydrogen (secondary N) is 1. The third kappa shape index (κ3) is 4.62. The second-order valence-corrected chi connectivity index (χ2v) is 11.3. The number of nitrogens with zero attached hydrogens (tertiary/aromatic N) is 4. The molecule has 37 heavy (non-hydrogen) atoms. The predicted molar refractivity (Wildman–Crippen MR) is 140 cm³/mol. The van der Waals surface area contributed by atoms with E-state index in [0.29, 0.717) is 37.1 Å². The minimum Gasteiger partial charge on any atom is -0.325 e. The molecule has 1 amide bonds. The molecule has 0 atom stereocenters. The lowest BCUT2D eigenvalue weighted by Crippen LogP contribution is -2.31. The quantitative estimate of drug-likeness (QED) is 0.396. The SMILES string of the molecule is CCn1cnc2c1c(=O)[nH]c(=O)n2Cc1ccc(CCS(=O)(=O)c2ccc3c(c2)CCN3C(C)=O)cc1. The maximum atomic E-state index is 13.0. The Morgan fingerprint density at radius 3 is 2.51 bits per heavy atom. The predicted octanol–water partition coefficient (Wildman–Crippen LogP) is 1.88. The highest BCUT2D eigenvalue weighted by molar-refractivity contribution is 7.91. The van der Waals surface area contributed by atoms with Gasteiger partial charge in [0, 0.05) is 25.7 Å². The van der Waals surface area contributed by atoms with Gasteiger partial charge in [0.2, 0.25) is 5.91 Å². The van der Waals surface area contributed by atoms with Crippen LogP contribution in [0.25, 0.3) is 11.2 Å². The van der Waals surface area contributed by atoms with Crippen molar-refractivity contribution in [3.8, 4) is 0 Å². The van der Waals surface area contributed by atoms with Crippen LogP contribution >= 0.6 is 0 Å². The Bertz CT molecular complexity index is 1730. The van der Waals surface area contributed by atoms with Gasteiger partial charge < -0.3 is 9.47 Å². The average Bonchev–Trinajstić information content (AvgIpc) is 3.50. The van der Waals surface area contributed by atoms with E-state index in [9.17, 15) is 22.8 Å². The van der Waals surface area contributed by atoms with Crippen molar-refractivity contribution < 1.29 is 13.2 Å². The number of carbonyl (C=O) groups is 1. The number of H-pyrrole nitrogens is 1.